The first kappa shape index (κ1) is 15.4. The highest BCUT2D eigenvalue weighted by molar-refractivity contribution is 8.00. The van der Waals surface area contributed by atoms with Crippen LogP contribution in [0.2, 0.25) is 0 Å². The maximum Gasteiger partial charge on any atom is 0.0253 e. The largest absolute Gasteiger partial charge is 0.313 e. The van der Waals surface area contributed by atoms with E-state index in [0.29, 0.717) is 16.7 Å². The molecule has 1 aromatic carbocycles. The van der Waals surface area contributed by atoms with Gasteiger partial charge in [0.15, 0.2) is 0 Å². The summed E-state index contributed by atoms with van der Waals surface area (Å²) in [6.07, 6.45) is 7.93. The summed E-state index contributed by atoms with van der Waals surface area (Å²) in [6, 6.07) is 7.89. The average molecular weight is 304 g/mol. The topological polar surface area (TPSA) is 12.0 Å². The summed E-state index contributed by atoms with van der Waals surface area (Å²) in [4.78, 5) is 1.49. The average Bonchev–Trinajstić information content (AvgIpc) is 2.89. The standard InChI is InChI=1S/C19H29NS/c1-4-20-17-10-11-19(2,3)13-18(17)21-16-9-8-14-6-5-7-15(14)12-16/h8-9,12,17-18,20H,4-7,10-11,13H2,1-3H3. The summed E-state index contributed by atoms with van der Waals surface area (Å²) < 4.78 is 0. The van der Waals surface area contributed by atoms with Gasteiger partial charge in [-0.25, -0.2) is 0 Å². The van der Waals surface area contributed by atoms with E-state index in [4.69, 9.17) is 0 Å². The highest BCUT2D eigenvalue weighted by Crippen LogP contribution is 2.43. The van der Waals surface area contributed by atoms with E-state index in [1.54, 1.807) is 11.1 Å². The summed E-state index contributed by atoms with van der Waals surface area (Å²) in [5.41, 5.74) is 3.70. The predicted octanol–water partition coefficient (Wildman–Crippen LogP) is 4.82. The zero-order valence-electron chi connectivity index (χ0n) is 13.7. The first-order valence-electron chi connectivity index (χ1n) is 8.59. The lowest BCUT2D eigenvalue weighted by Gasteiger charge is -2.40. The maximum absolute atomic E-state index is 3.72. The Balaban J connectivity index is 1.73. The number of nitrogens with one attached hydrogen (secondary N) is 1. The number of thioether (sulfide) groups is 1. The lowest BCUT2D eigenvalue weighted by Crippen LogP contribution is -2.44. The quantitative estimate of drug-likeness (QED) is 0.855. The van der Waals surface area contributed by atoms with Crippen LogP contribution in [-0.2, 0) is 12.8 Å². The molecule has 1 fully saturated rings. The summed E-state index contributed by atoms with van der Waals surface area (Å²) >= 11 is 2.12. The molecule has 0 amide bonds. The summed E-state index contributed by atoms with van der Waals surface area (Å²) in [7, 11) is 0. The molecule has 0 aromatic heterocycles. The first-order chi connectivity index (χ1) is 10.1. The molecule has 1 N–H and O–H groups in total. The van der Waals surface area contributed by atoms with E-state index >= 15 is 0 Å². The second-order valence-corrected chi connectivity index (χ2v) is 8.82. The van der Waals surface area contributed by atoms with Crippen LogP contribution in [0.4, 0.5) is 0 Å². The van der Waals surface area contributed by atoms with Crippen LogP contribution in [0.3, 0.4) is 0 Å². The van der Waals surface area contributed by atoms with E-state index in [-0.39, 0.29) is 0 Å². The van der Waals surface area contributed by atoms with Crippen LogP contribution in [0.25, 0.3) is 0 Å². The lowest BCUT2D eigenvalue weighted by atomic mass is 9.75. The Morgan fingerprint density at radius 2 is 2.05 bits per heavy atom. The Labute approximate surface area is 134 Å². The van der Waals surface area contributed by atoms with Crippen LogP contribution in [0.5, 0.6) is 0 Å². The van der Waals surface area contributed by atoms with Gasteiger partial charge in [0.2, 0.25) is 0 Å². The molecule has 1 aromatic rings. The third-order valence-corrected chi connectivity index (χ3v) is 6.48. The molecule has 1 saturated carbocycles. The summed E-state index contributed by atoms with van der Waals surface area (Å²) in [5.74, 6) is 0. The molecule has 2 aliphatic rings. The third kappa shape index (κ3) is 3.65. The molecule has 1 nitrogen and oxygen atoms in total. The molecule has 0 radical (unpaired) electrons. The maximum atomic E-state index is 3.72. The smallest absolute Gasteiger partial charge is 0.0253 e. The van der Waals surface area contributed by atoms with Crippen LogP contribution in [0.1, 0.15) is 57.6 Å². The molecule has 0 saturated heterocycles. The van der Waals surface area contributed by atoms with Crippen molar-refractivity contribution in [2.45, 2.75) is 75.5 Å². The summed E-state index contributed by atoms with van der Waals surface area (Å²) in [5, 5.41) is 4.44. The Hall–Kier alpha value is -0.470. The van der Waals surface area contributed by atoms with Crippen LogP contribution in [0, 0.1) is 5.41 Å². The Morgan fingerprint density at radius 1 is 1.24 bits per heavy atom. The van der Waals surface area contributed by atoms with Crippen LogP contribution >= 0.6 is 11.8 Å². The normalized spacial score (nSPS) is 27.6. The number of hydrogen-bond acceptors (Lipinski definition) is 2. The fraction of sp³-hybridized carbons (Fsp3) is 0.684. The van der Waals surface area contributed by atoms with Gasteiger partial charge in [-0.3, -0.25) is 0 Å². The molecule has 0 aliphatic heterocycles. The van der Waals surface area contributed by atoms with Crippen molar-refractivity contribution in [3.63, 3.8) is 0 Å². The molecule has 2 heteroatoms. The van der Waals surface area contributed by atoms with Gasteiger partial charge in [-0.05, 0) is 73.7 Å². The van der Waals surface area contributed by atoms with E-state index in [9.17, 15) is 0 Å². The molecular weight excluding hydrogens is 274 g/mol. The predicted molar refractivity (Wildman–Crippen MR) is 93.2 cm³/mol. The second kappa shape index (κ2) is 6.34. The van der Waals surface area contributed by atoms with Crippen molar-refractivity contribution in [2.24, 2.45) is 5.41 Å². The minimum Gasteiger partial charge on any atom is -0.313 e. The second-order valence-electron chi connectivity index (χ2n) is 7.51. The SMILES string of the molecule is CCNC1CCC(C)(C)CC1Sc1ccc2c(c1)CCC2. The molecule has 0 spiro atoms. The van der Waals surface area contributed by atoms with Crippen molar-refractivity contribution in [1.29, 1.82) is 0 Å². The minimum atomic E-state index is 0.500. The van der Waals surface area contributed by atoms with Gasteiger partial charge in [0.25, 0.3) is 0 Å². The zero-order valence-corrected chi connectivity index (χ0v) is 14.6. The van der Waals surface area contributed by atoms with Gasteiger partial charge in [-0.15, -0.1) is 11.8 Å². The van der Waals surface area contributed by atoms with Gasteiger partial charge < -0.3 is 5.32 Å². The first-order valence-corrected chi connectivity index (χ1v) is 9.47. The molecule has 0 heterocycles. The molecule has 3 rings (SSSR count). The van der Waals surface area contributed by atoms with Gasteiger partial charge >= 0.3 is 0 Å². The van der Waals surface area contributed by atoms with E-state index in [2.05, 4.69) is 56.0 Å². The van der Waals surface area contributed by atoms with Gasteiger partial charge in [0.1, 0.15) is 0 Å². The highest BCUT2D eigenvalue weighted by atomic mass is 32.2. The molecule has 21 heavy (non-hydrogen) atoms. The molecule has 2 unspecified atom stereocenters. The molecule has 2 aliphatic carbocycles. The number of benzene rings is 1. The number of aryl methyl sites for hydroxylation is 2. The Morgan fingerprint density at radius 3 is 2.86 bits per heavy atom. The van der Waals surface area contributed by atoms with Crippen LogP contribution < -0.4 is 5.32 Å². The number of hydrogen-bond donors (Lipinski definition) is 1. The molecule has 116 valence electrons. The third-order valence-electron chi connectivity index (χ3n) is 5.16. The molecule has 2 atom stereocenters. The highest BCUT2D eigenvalue weighted by Gasteiger charge is 2.35. The number of fused-ring (bicyclic) bond motifs is 1. The number of rotatable bonds is 4. The molecular formula is C19H29NS. The van der Waals surface area contributed by atoms with E-state index in [1.165, 1.54) is 43.4 Å². The van der Waals surface area contributed by atoms with Gasteiger partial charge in [0, 0.05) is 16.2 Å². The Bertz CT molecular complexity index is 494. The Kier molecular flexibility index (Phi) is 4.66. The van der Waals surface area contributed by atoms with Crippen molar-refractivity contribution in [3.8, 4) is 0 Å². The monoisotopic (exact) mass is 303 g/mol. The zero-order chi connectivity index (χ0) is 14.9. The molecule has 0 bridgehead atoms. The van der Waals surface area contributed by atoms with Crippen LogP contribution in [0.15, 0.2) is 23.1 Å². The fourth-order valence-electron chi connectivity index (χ4n) is 3.94. The van der Waals surface area contributed by atoms with Crippen molar-refractivity contribution < 1.29 is 0 Å². The van der Waals surface area contributed by atoms with Crippen molar-refractivity contribution >= 4 is 11.8 Å². The van der Waals surface area contributed by atoms with Gasteiger partial charge in [0.05, 0.1) is 0 Å². The van der Waals surface area contributed by atoms with Crippen molar-refractivity contribution in [2.75, 3.05) is 6.54 Å². The van der Waals surface area contributed by atoms with Gasteiger partial charge in [-0.1, -0.05) is 26.8 Å². The summed E-state index contributed by atoms with van der Waals surface area (Å²) in [6.45, 7) is 8.19. The van der Waals surface area contributed by atoms with Crippen LogP contribution in [-0.4, -0.2) is 17.8 Å². The van der Waals surface area contributed by atoms with E-state index in [1.807, 2.05) is 0 Å². The fourth-order valence-corrected chi connectivity index (χ4v) is 5.57. The van der Waals surface area contributed by atoms with Crippen molar-refractivity contribution in [1.82, 2.24) is 5.32 Å². The van der Waals surface area contributed by atoms with E-state index < -0.39 is 0 Å². The van der Waals surface area contributed by atoms with Gasteiger partial charge in [-0.2, -0.15) is 0 Å². The van der Waals surface area contributed by atoms with Crippen molar-refractivity contribution in [3.05, 3.63) is 29.3 Å². The lowest BCUT2D eigenvalue weighted by molar-refractivity contribution is 0.215. The minimum absolute atomic E-state index is 0.500. The van der Waals surface area contributed by atoms with E-state index in [0.717, 1.165) is 6.54 Å².